The second-order valence-electron chi connectivity index (χ2n) is 5.78. The first-order valence-corrected chi connectivity index (χ1v) is 9.77. The van der Waals surface area contributed by atoms with Crippen molar-refractivity contribution in [2.75, 3.05) is 24.7 Å². The molecule has 1 aromatic carbocycles. The van der Waals surface area contributed by atoms with Crippen LogP contribution in [0.3, 0.4) is 0 Å². The van der Waals surface area contributed by atoms with Crippen molar-refractivity contribution < 1.29 is 17.9 Å². The lowest BCUT2D eigenvalue weighted by Crippen LogP contribution is -2.43. The highest BCUT2D eigenvalue weighted by atomic mass is 32.2. The van der Waals surface area contributed by atoms with Gasteiger partial charge in [0, 0.05) is 18.7 Å². The largest absolute Gasteiger partial charge is 0.484 e. The molecule has 0 N–H and O–H groups in total. The van der Waals surface area contributed by atoms with E-state index in [1.807, 2.05) is 13.0 Å². The summed E-state index contributed by atoms with van der Waals surface area (Å²) in [5.41, 5.74) is 0.712. The monoisotopic (exact) mass is 365 g/mol. The third-order valence-electron chi connectivity index (χ3n) is 4.10. The molecule has 1 amide bonds. The molecule has 1 aliphatic heterocycles. The number of tetrazole rings is 1. The van der Waals surface area contributed by atoms with E-state index in [1.165, 1.54) is 11.0 Å². The highest BCUT2D eigenvalue weighted by Crippen LogP contribution is 2.19. The van der Waals surface area contributed by atoms with Crippen LogP contribution in [0.25, 0.3) is 5.69 Å². The molecule has 3 rings (SSSR count). The maximum absolute atomic E-state index is 12.4. The molecule has 25 heavy (non-hydrogen) atoms. The van der Waals surface area contributed by atoms with Gasteiger partial charge in [-0.15, -0.1) is 5.10 Å². The topological polar surface area (TPSA) is 107 Å². The quantitative estimate of drug-likeness (QED) is 0.713. The maximum Gasteiger partial charge on any atom is 0.260 e. The van der Waals surface area contributed by atoms with E-state index >= 15 is 0 Å². The maximum atomic E-state index is 12.4. The molecule has 134 valence electrons. The Morgan fingerprint density at radius 1 is 1.44 bits per heavy atom. The Labute approximate surface area is 145 Å². The minimum atomic E-state index is -3.04. The van der Waals surface area contributed by atoms with Gasteiger partial charge in [0.1, 0.15) is 12.1 Å². The first kappa shape index (κ1) is 17.3. The van der Waals surface area contributed by atoms with Gasteiger partial charge in [0.2, 0.25) is 0 Å². The van der Waals surface area contributed by atoms with Crippen LogP contribution < -0.4 is 4.74 Å². The van der Waals surface area contributed by atoms with E-state index in [1.54, 1.807) is 23.1 Å². The molecule has 1 atom stereocenters. The van der Waals surface area contributed by atoms with Gasteiger partial charge in [0.05, 0.1) is 17.2 Å². The van der Waals surface area contributed by atoms with Crippen LogP contribution in [-0.2, 0) is 14.6 Å². The molecule has 0 spiro atoms. The van der Waals surface area contributed by atoms with Crippen molar-refractivity contribution in [3.63, 3.8) is 0 Å². The minimum absolute atomic E-state index is 0.0291. The van der Waals surface area contributed by atoms with Crippen LogP contribution in [0.15, 0.2) is 30.6 Å². The number of carbonyl (C=O) groups excluding carboxylic acids is 1. The lowest BCUT2D eigenvalue weighted by molar-refractivity contribution is -0.135. The van der Waals surface area contributed by atoms with Gasteiger partial charge in [-0.25, -0.2) is 13.1 Å². The molecule has 0 aliphatic carbocycles. The summed E-state index contributed by atoms with van der Waals surface area (Å²) in [6, 6.07) is 6.78. The third kappa shape index (κ3) is 4.13. The Balaban J connectivity index is 1.63. The van der Waals surface area contributed by atoms with Crippen molar-refractivity contribution >= 4 is 15.7 Å². The van der Waals surface area contributed by atoms with Crippen molar-refractivity contribution in [3.8, 4) is 11.4 Å². The number of sulfone groups is 1. The fourth-order valence-corrected chi connectivity index (χ4v) is 4.61. The molecular weight excluding hydrogens is 346 g/mol. The highest BCUT2D eigenvalue weighted by molar-refractivity contribution is 7.91. The lowest BCUT2D eigenvalue weighted by atomic mass is 10.2. The van der Waals surface area contributed by atoms with Crippen molar-refractivity contribution in [3.05, 3.63) is 30.6 Å². The van der Waals surface area contributed by atoms with E-state index in [0.29, 0.717) is 24.4 Å². The van der Waals surface area contributed by atoms with E-state index in [0.717, 1.165) is 0 Å². The van der Waals surface area contributed by atoms with Gasteiger partial charge in [-0.05, 0) is 35.9 Å². The zero-order valence-corrected chi connectivity index (χ0v) is 14.6. The summed E-state index contributed by atoms with van der Waals surface area (Å²) < 4.78 is 30.3. The van der Waals surface area contributed by atoms with Gasteiger partial charge in [0.15, 0.2) is 16.4 Å². The SMILES string of the molecule is CCN(C(=O)COc1cccc(-n2cnnn2)c1)[C@@H]1CCS(=O)(=O)C1. The van der Waals surface area contributed by atoms with E-state index in [-0.39, 0.29) is 30.1 Å². The molecule has 1 fully saturated rings. The predicted octanol–water partition coefficient (Wildman–Crippen LogP) is 0.0767. The molecule has 10 heteroatoms. The summed E-state index contributed by atoms with van der Waals surface area (Å²) in [7, 11) is -3.04. The molecule has 0 radical (unpaired) electrons. The number of ether oxygens (including phenoxy) is 1. The molecule has 2 heterocycles. The first-order chi connectivity index (χ1) is 12.0. The summed E-state index contributed by atoms with van der Waals surface area (Å²) >= 11 is 0. The van der Waals surface area contributed by atoms with E-state index in [9.17, 15) is 13.2 Å². The van der Waals surface area contributed by atoms with E-state index < -0.39 is 9.84 Å². The standard InChI is InChI=1S/C15H19N5O4S/c1-2-19(13-6-7-25(22,23)10-13)15(21)9-24-14-5-3-4-12(8-14)20-11-16-17-18-20/h3-5,8,11,13H,2,6-7,9-10H2,1H3/t13-/m1/s1. The number of carbonyl (C=O) groups is 1. The Kier molecular flexibility index (Phi) is 4.98. The van der Waals surface area contributed by atoms with Crippen LogP contribution in [0.4, 0.5) is 0 Å². The number of benzene rings is 1. The van der Waals surface area contributed by atoms with E-state index in [4.69, 9.17) is 4.74 Å². The first-order valence-electron chi connectivity index (χ1n) is 7.94. The molecule has 1 aliphatic rings. The average molecular weight is 365 g/mol. The smallest absolute Gasteiger partial charge is 0.260 e. The fraction of sp³-hybridized carbons (Fsp3) is 0.467. The Morgan fingerprint density at radius 3 is 2.92 bits per heavy atom. The number of likely N-dealkylation sites (N-methyl/N-ethyl adjacent to an activating group) is 1. The van der Waals surface area contributed by atoms with Crippen LogP contribution in [0.5, 0.6) is 5.75 Å². The predicted molar refractivity (Wildman–Crippen MR) is 89.1 cm³/mol. The van der Waals surface area contributed by atoms with Gasteiger partial charge in [-0.3, -0.25) is 4.79 Å². The van der Waals surface area contributed by atoms with Crippen LogP contribution in [0, 0.1) is 0 Å². The molecular formula is C15H19N5O4S. The second kappa shape index (κ2) is 7.18. The van der Waals surface area contributed by atoms with E-state index in [2.05, 4.69) is 15.5 Å². The van der Waals surface area contributed by atoms with Crippen molar-refractivity contribution in [1.29, 1.82) is 0 Å². The lowest BCUT2D eigenvalue weighted by Gasteiger charge is -2.26. The van der Waals surface area contributed by atoms with Gasteiger partial charge in [0.25, 0.3) is 5.91 Å². The number of hydrogen-bond donors (Lipinski definition) is 0. The molecule has 9 nitrogen and oxygen atoms in total. The number of amides is 1. The summed E-state index contributed by atoms with van der Waals surface area (Å²) in [4.78, 5) is 14.0. The number of hydrogen-bond acceptors (Lipinski definition) is 7. The van der Waals surface area contributed by atoms with Crippen LogP contribution >= 0.6 is 0 Å². The Hall–Kier alpha value is -2.49. The summed E-state index contributed by atoms with van der Waals surface area (Å²) in [6.07, 6.45) is 1.94. The van der Waals surface area contributed by atoms with Crippen LogP contribution in [0.1, 0.15) is 13.3 Å². The summed E-state index contributed by atoms with van der Waals surface area (Å²) in [5.74, 6) is 0.450. The Bertz CT molecular complexity index is 837. The number of rotatable bonds is 6. The molecule has 1 aromatic heterocycles. The van der Waals surface area contributed by atoms with Crippen LogP contribution in [0.2, 0.25) is 0 Å². The number of aromatic nitrogens is 4. The van der Waals surface area contributed by atoms with Crippen molar-refractivity contribution in [2.24, 2.45) is 0 Å². The molecule has 1 saturated heterocycles. The molecule has 0 bridgehead atoms. The van der Waals surface area contributed by atoms with Crippen molar-refractivity contribution in [1.82, 2.24) is 25.1 Å². The van der Waals surface area contributed by atoms with Crippen LogP contribution in [-0.4, -0.2) is 70.1 Å². The van der Waals surface area contributed by atoms with Gasteiger partial charge >= 0.3 is 0 Å². The highest BCUT2D eigenvalue weighted by Gasteiger charge is 2.33. The summed E-state index contributed by atoms with van der Waals surface area (Å²) in [6.45, 7) is 2.14. The van der Waals surface area contributed by atoms with Gasteiger partial charge < -0.3 is 9.64 Å². The minimum Gasteiger partial charge on any atom is -0.484 e. The second-order valence-corrected chi connectivity index (χ2v) is 8.01. The zero-order valence-electron chi connectivity index (χ0n) is 13.8. The molecule has 0 saturated carbocycles. The van der Waals surface area contributed by atoms with Gasteiger partial charge in [-0.1, -0.05) is 6.07 Å². The molecule has 2 aromatic rings. The normalized spacial score (nSPS) is 18.8. The van der Waals surface area contributed by atoms with Crippen molar-refractivity contribution in [2.45, 2.75) is 19.4 Å². The number of nitrogens with zero attached hydrogens (tertiary/aromatic N) is 5. The zero-order chi connectivity index (χ0) is 17.9. The average Bonchev–Trinajstić information content (AvgIpc) is 3.24. The summed E-state index contributed by atoms with van der Waals surface area (Å²) in [5, 5.41) is 10.9. The Morgan fingerprint density at radius 2 is 2.28 bits per heavy atom. The third-order valence-corrected chi connectivity index (χ3v) is 5.85. The fourth-order valence-electron chi connectivity index (χ4n) is 2.88. The van der Waals surface area contributed by atoms with Gasteiger partial charge in [-0.2, -0.15) is 0 Å². The molecule has 0 unspecified atom stereocenters.